The molecule has 4 aromatic rings. The van der Waals surface area contributed by atoms with Gasteiger partial charge in [-0.15, -0.1) is 0 Å². The molecule has 0 unspecified atom stereocenters. The number of anilines is 2. The maximum Gasteiger partial charge on any atom is 0.273 e. The normalized spacial score (nSPS) is 16.2. The highest BCUT2D eigenvalue weighted by Crippen LogP contribution is 2.39. The maximum atomic E-state index is 13.0. The number of nitrogens with zero attached hydrogens (tertiary/aromatic N) is 6. The number of amides is 1. The number of aryl methyl sites for hydroxylation is 2. The monoisotopic (exact) mass is 458 g/mol. The zero-order valence-electron chi connectivity index (χ0n) is 19.2. The molecule has 2 N–H and O–H groups in total. The SMILES string of the molecule is Cc1ncc(NC(=O)c2cc(C3CC3)nn2C)cc1-c1cc2[nH]cnc2c(N2CCOCC2)n1. The van der Waals surface area contributed by atoms with Crippen LogP contribution in [0, 0.1) is 6.92 Å². The van der Waals surface area contributed by atoms with Gasteiger partial charge in [-0.2, -0.15) is 5.10 Å². The third kappa shape index (κ3) is 3.79. The van der Waals surface area contributed by atoms with E-state index in [0.717, 1.165) is 65.4 Å². The number of ether oxygens (including phenoxy) is 1. The molecular formula is C24H26N8O2. The van der Waals surface area contributed by atoms with Crippen molar-refractivity contribution >= 4 is 28.4 Å². The van der Waals surface area contributed by atoms with Crippen molar-refractivity contribution in [3.8, 4) is 11.3 Å². The summed E-state index contributed by atoms with van der Waals surface area (Å²) in [6.45, 7) is 4.79. The molecule has 10 heteroatoms. The minimum Gasteiger partial charge on any atom is -0.378 e. The Labute approximate surface area is 196 Å². The highest BCUT2D eigenvalue weighted by molar-refractivity contribution is 6.03. The van der Waals surface area contributed by atoms with E-state index in [1.54, 1.807) is 24.3 Å². The minimum absolute atomic E-state index is 0.204. The van der Waals surface area contributed by atoms with Crippen LogP contribution >= 0.6 is 0 Å². The van der Waals surface area contributed by atoms with Crippen molar-refractivity contribution in [2.24, 2.45) is 7.05 Å². The fourth-order valence-corrected chi connectivity index (χ4v) is 4.40. The van der Waals surface area contributed by atoms with Crippen molar-refractivity contribution in [3.05, 3.63) is 47.8 Å². The molecule has 1 saturated heterocycles. The van der Waals surface area contributed by atoms with Gasteiger partial charge in [-0.25, -0.2) is 9.97 Å². The lowest BCUT2D eigenvalue weighted by atomic mass is 10.1. The number of imidazole rings is 1. The van der Waals surface area contributed by atoms with Crippen LogP contribution in [0.5, 0.6) is 0 Å². The average molecular weight is 459 g/mol. The lowest BCUT2D eigenvalue weighted by Crippen LogP contribution is -2.37. The fraction of sp³-hybridized carbons (Fsp3) is 0.375. The molecule has 10 nitrogen and oxygen atoms in total. The maximum absolute atomic E-state index is 13.0. The van der Waals surface area contributed by atoms with Crippen LogP contribution in [0.4, 0.5) is 11.5 Å². The number of aromatic amines is 1. The first kappa shape index (κ1) is 20.8. The molecule has 0 atom stereocenters. The van der Waals surface area contributed by atoms with Crippen LogP contribution < -0.4 is 10.2 Å². The summed E-state index contributed by atoms with van der Waals surface area (Å²) >= 11 is 0. The van der Waals surface area contributed by atoms with Gasteiger partial charge in [0, 0.05) is 37.3 Å². The van der Waals surface area contributed by atoms with Gasteiger partial charge in [-0.3, -0.25) is 14.5 Å². The van der Waals surface area contributed by atoms with Gasteiger partial charge in [0.15, 0.2) is 5.82 Å². The minimum atomic E-state index is -0.204. The van der Waals surface area contributed by atoms with Gasteiger partial charge in [0.2, 0.25) is 0 Å². The molecule has 2 fully saturated rings. The molecule has 0 radical (unpaired) electrons. The number of nitrogens with one attached hydrogen (secondary N) is 2. The van der Waals surface area contributed by atoms with Crippen LogP contribution in [0.25, 0.3) is 22.3 Å². The highest BCUT2D eigenvalue weighted by atomic mass is 16.5. The number of carbonyl (C=O) groups excluding carboxylic acids is 1. The van der Waals surface area contributed by atoms with Crippen LogP contribution in [0.3, 0.4) is 0 Å². The lowest BCUT2D eigenvalue weighted by Gasteiger charge is -2.28. The van der Waals surface area contributed by atoms with E-state index >= 15 is 0 Å². The van der Waals surface area contributed by atoms with Crippen molar-refractivity contribution in [2.75, 3.05) is 36.5 Å². The van der Waals surface area contributed by atoms with E-state index in [1.165, 1.54) is 0 Å². The van der Waals surface area contributed by atoms with Gasteiger partial charge in [0.25, 0.3) is 5.91 Å². The van der Waals surface area contributed by atoms with E-state index in [2.05, 4.69) is 30.3 Å². The van der Waals surface area contributed by atoms with Crippen molar-refractivity contribution in [2.45, 2.75) is 25.7 Å². The molecule has 34 heavy (non-hydrogen) atoms. The van der Waals surface area contributed by atoms with Gasteiger partial charge in [-0.1, -0.05) is 0 Å². The summed E-state index contributed by atoms with van der Waals surface area (Å²) in [6.07, 6.45) is 5.64. The Hall–Kier alpha value is -3.79. The molecule has 0 bridgehead atoms. The second-order valence-electron chi connectivity index (χ2n) is 8.89. The van der Waals surface area contributed by atoms with E-state index in [-0.39, 0.29) is 5.91 Å². The van der Waals surface area contributed by atoms with Gasteiger partial charge in [0.1, 0.15) is 11.2 Å². The average Bonchev–Trinajstić information content (AvgIpc) is 3.46. The Morgan fingerprint density at radius 2 is 2.00 bits per heavy atom. The van der Waals surface area contributed by atoms with E-state index in [1.807, 2.05) is 25.1 Å². The number of hydrogen-bond acceptors (Lipinski definition) is 7. The van der Waals surface area contributed by atoms with Crippen LogP contribution in [0.15, 0.2) is 30.7 Å². The molecule has 5 heterocycles. The molecule has 1 saturated carbocycles. The van der Waals surface area contributed by atoms with Gasteiger partial charge < -0.3 is 19.9 Å². The van der Waals surface area contributed by atoms with Crippen molar-refractivity contribution in [1.29, 1.82) is 0 Å². The number of pyridine rings is 2. The largest absolute Gasteiger partial charge is 0.378 e. The molecular weight excluding hydrogens is 432 g/mol. The first-order valence-electron chi connectivity index (χ1n) is 11.6. The Kier molecular flexibility index (Phi) is 5.02. The molecule has 4 aromatic heterocycles. The number of rotatable bonds is 5. The number of hydrogen-bond donors (Lipinski definition) is 2. The first-order chi connectivity index (χ1) is 16.6. The second-order valence-corrected chi connectivity index (χ2v) is 8.89. The van der Waals surface area contributed by atoms with Crippen LogP contribution in [0.2, 0.25) is 0 Å². The summed E-state index contributed by atoms with van der Waals surface area (Å²) < 4.78 is 7.16. The smallest absolute Gasteiger partial charge is 0.273 e. The quantitative estimate of drug-likeness (QED) is 0.472. The summed E-state index contributed by atoms with van der Waals surface area (Å²) in [7, 11) is 1.80. The Morgan fingerprint density at radius 3 is 2.79 bits per heavy atom. The standard InChI is InChI=1S/C24H26N8O2/c1-14-17(19-10-20-22(27-13-26-20)23(29-19)32-5-7-34-8-6-32)9-16(12-25-14)28-24(33)21-11-18(15-3-4-15)30-31(21)2/h9-13,15H,3-8H2,1-2H3,(H,26,27)(H,28,33). The van der Waals surface area contributed by atoms with Crippen molar-refractivity contribution in [3.63, 3.8) is 0 Å². The van der Waals surface area contributed by atoms with E-state index in [9.17, 15) is 4.79 Å². The zero-order chi connectivity index (χ0) is 23.2. The van der Waals surface area contributed by atoms with Crippen molar-refractivity contribution < 1.29 is 9.53 Å². The predicted molar refractivity (Wildman–Crippen MR) is 128 cm³/mol. The fourth-order valence-electron chi connectivity index (χ4n) is 4.40. The van der Waals surface area contributed by atoms with Crippen LogP contribution in [-0.4, -0.2) is 61.9 Å². The highest BCUT2D eigenvalue weighted by Gasteiger charge is 2.28. The van der Waals surface area contributed by atoms with Crippen molar-refractivity contribution in [1.82, 2.24) is 29.7 Å². The summed E-state index contributed by atoms with van der Waals surface area (Å²) in [6, 6.07) is 5.79. The van der Waals surface area contributed by atoms with Gasteiger partial charge >= 0.3 is 0 Å². The summed E-state index contributed by atoms with van der Waals surface area (Å²) in [5.41, 5.74) is 6.33. The summed E-state index contributed by atoms with van der Waals surface area (Å²) in [5.74, 6) is 1.11. The summed E-state index contributed by atoms with van der Waals surface area (Å²) in [5, 5.41) is 7.48. The van der Waals surface area contributed by atoms with Gasteiger partial charge in [0.05, 0.1) is 48.3 Å². The van der Waals surface area contributed by atoms with Crippen LogP contribution in [0.1, 0.15) is 40.6 Å². The Bertz CT molecular complexity index is 1380. The number of fused-ring (bicyclic) bond motifs is 1. The predicted octanol–water partition coefficient (Wildman–Crippen LogP) is 3.03. The van der Waals surface area contributed by atoms with E-state index in [0.29, 0.717) is 30.5 Å². The molecule has 0 spiro atoms. The second kappa shape index (κ2) is 8.21. The number of H-pyrrole nitrogens is 1. The third-order valence-electron chi connectivity index (χ3n) is 6.45. The zero-order valence-corrected chi connectivity index (χ0v) is 19.2. The third-order valence-corrected chi connectivity index (χ3v) is 6.45. The van der Waals surface area contributed by atoms with E-state index in [4.69, 9.17) is 9.72 Å². The molecule has 1 aliphatic carbocycles. The molecule has 2 aliphatic rings. The molecule has 1 amide bonds. The topological polar surface area (TPSA) is 114 Å². The molecule has 6 rings (SSSR count). The number of aromatic nitrogens is 6. The molecule has 174 valence electrons. The summed E-state index contributed by atoms with van der Waals surface area (Å²) in [4.78, 5) is 32.4. The Morgan fingerprint density at radius 1 is 1.18 bits per heavy atom. The lowest BCUT2D eigenvalue weighted by molar-refractivity contribution is 0.101. The Balaban J connectivity index is 1.33. The number of carbonyl (C=O) groups is 1. The van der Waals surface area contributed by atoms with Gasteiger partial charge in [-0.05, 0) is 38.0 Å². The molecule has 1 aliphatic heterocycles. The molecule has 0 aromatic carbocycles. The first-order valence-corrected chi connectivity index (χ1v) is 11.6. The van der Waals surface area contributed by atoms with Crippen LogP contribution in [-0.2, 0) is 11.8 Å². The number of morpholine rings is 1. The van der Waals surface area contributed by atoms with E-state index < -0.39 is 0 Å².